The molecule has 144 valence electrons. The molecule has 1 unspecified atom stereocenters. The fourth-order valence-electron chi connectivity index (χ4n) is 2.53. The molecule has 0 aliphatic rings. The zero-order chi connectivity index (χ0) is 19.8. The van der Waals surface area contributed by atoms with E-state index in [1.807, 2.05) is 63.2 Å². The Hall–Kier alpha value is -2.82. The van der Waals surface area contributed by atoms with Gasteiger partial charge in [-0.15, -0.1) is 0 Å². The highest BCUT2D eigenvalue weighted by Gasteiger charge is 2.18. The number of anilines is 1. The summed E-state index contributed by atoms with van der Waals surface area (Å²) in [6, 6.07) is 13.6. The molecule has 0 aromatic heterocycles. The van der Waals surface area contributed by atoms with Crippen molar-refractivity contribution in [3.63, 3.8) is 0 Å². The molecule has 0 aliphatic heterocycles. The van der Waals surface area contributed by atoms with E-state index in [2.05, 4.69) is 5.32 Å². The van der Waals surface area contributed by atoms with Gasteiger partial charge in [-0.2, -0.15) is 0 Å². The largest absolute Gasteiger partial charge is 0.494 e. The number of hydrogen-bond acceptors (Lipinski definition) is 4. The maximum atomic E-state index is 12.2. The molecule has 2 rings (SSSR count). The molecule has 1 amide bonds. The van der Waals surface area contributed by atoms with Crippen LogP contribution >= 0.6 is 0 Å². The van der Waals surface area contributed by atoms with Gasteiger partial charge in [-0.3, -0.25) is 9.59 Å². The molecule has 5 heteroatoms. The van der Waals surface area contributed by atoms with Crippen molar-refractivity contribution >= 4 is 17.6 Å². The molecule has 1 atom stereocenters. The summed E-state index contributed by atoms with van der Waals surface area (Å²) in [5.41, 5.74) is 3.86. The van der Waals surface area contributed by atoms with E-state index >= 15 is 0 Å². The maximum Gasteiger partial charge on any atom is 0.306 e. The van der Waals surface area contributed by atoms with Crippen LogP contribution in [0.1, 0.15) is 36.5 Å². The second-order valence-corrected chi connectivity index (χ2v) is 6.71. The zero-order valence-electron chi connectivity index (χ0n) is 16.4. The predicted molar refractivity (Wildman–Crippen MR) is 106 cm³/mol. The summed E-state index contributed by atoms with van der Waals surface area (Å²) in [4.78, 5) is 24.2. The molecule has 2 aromatic rings. The summed E-state index contributed by atoms with van der Waals surface area (Å²) >= 11 is 0. The Balaban J connectivity index is 1.72. The molecule has 0 bridgehead atoms. The van der Waals surface area contributed by atoms with E-state index in [1.54, 1.807) is 6.92 Å². The number of aryl methyl sites for hydroxylation is 3. The number of ether oxygens (including phenoxy) is 2. The number of nitrogens with one attached hydrogen (secondary N) is 1. The molecule has 27 heavy (non-hydrogen) atoms. The lowest BCUT2D eigenvalue weighted by atomic mass is 10.1. The fourth-order valence-corrected chi connectivity index (χ4v) is 2.53. The highest BCUT2D eigenvalue weighted by molar-refractivity contribution is 5.95. The Labute approximate surface area is 160 Å². The minimum Gasteiger partial charge on any atom is -0.494 e. The van der Waals surface area contributed by atoms with E-state index in [0.717, 1.165) is 28.1 Å². The van der Waals surface area contributed by atoms with Crippen molar-refractivity contribution in [2.45, 2.75) is 46.6 Å². The number of benzene rings is 2. The molecule has 0 fully saturated rings. The van der Waals surface area contributed by atoms with Gasteiger partial charge in [0, 0.05) is 12.1 Å². The molecule has 5 nitrogen and oxygen atoms in total. The molecular formula is C22H27NO4. The van der Waals surface area contributed by atoms with E-state index in [-0.39, 0.29) is 12.3 Å². The van der Waals surface area contributed by atoms with Crippen molar-refractivity contribution in [2.24, 2.45) is 0 Å². The third-order valence-corrected chi connectivity index (χ3v) is 4.11. The summed E-state index contributed by atoms with van der Waals surface area (Å²) in [5, 5.41) is 2.81. The standard InChI is InChI=1S/C22H27NO4/c1-15-7-5-8-19(13-15)26-12-6-9-21(24)27-18(4)22(25)23-20-14-16(2)10-11-17(20)3/h5,7-8,10-11,13-14,18H,6,9,12H2,1-4H3,(H,23,25). The lowest BCUT2D eigenvalue weighted by Gasteiger charge is -2.15. The highest BCUT2D eigenvalue weighted by atomic mass is 16.5. The van der Waals surface area contributed by atoms with Gasteiger partial charge in [0.2, 0.25) is 0 Å². The monoisotopic (exact) mass is 369 g/mol. The van der Waals surface area contributed by atoms with Crippen molar-refractivity contribution in [3.05, 3.63) is 59.2 Å². The molecule has 2 aromatic carbocycles. The van der Waals surface area contributed by atoms with E-state index < -0.39 is 12.1 Å². The van der Waals surface area contributed by atoms with E-state index in [0.29, 0.717) is 13.0 Å². The van der Waals surface area contributed by atoms with Gasteiger partial charge >= 0.3 is 5.97 Å². The lowest BCUT2D eigenvalue weighted by molar-refractivity contribution is -0.153. The van der Waals surface area contributed by atoms with Gasteiger partial charge in [-0.05, 0) is 69.0 Å². The number of rotatable bonds is 8. The predicted octanol–water partition coefficient (Wildman–Crippen LogP) is 4.34. The summed E-state index contributed by atoms with van der Waals surface area (Å²) in [6.07, 6.45) is -0.125. The quantitative estimate of drug-likeness (QED) is 0.555. The summed E-state index contributed by atoms with van der Waals surface area (Å²) in [5.74, 6) is 0.0316. The van der Waals surface area contributed by atoms with E-state index in [1.165, 1.54) is 0 Å². The Morgan fingerprint density at radius 3 is 2.52 bits per heavy atom. The van der Waals surface area contributed by atoms with Gasteiger partial charge in [0.05, 0.1) is 6.61 Å². The minimum atomic E-state index is -0.852. The number of carbonyl (C=O) groups is 2. The second kappa shape index (κ2) is 9.76. The second-order valence-electron chi connectivity index (χ2n) is 6.71. The topological polar surface area (TPSA) is 64.6 Å². The number of hydrogen-bond donors (Lipinski definition) is 1. The average molecular weight is 369 g/mol. The van der Waals surface area contributed by atoms with Gasteiger partial charge in [0.15, 0.2) is 6.10 Å². The first kappa shape index (κ1) is 20.5. The van der Waals surface area contributed by atoms with Gasteiger partial charge in [0.1, 0.15) is 5.75 Å². The smallest absolute Gasteiger partial charge is 0.306 e. The van der Waals surface area contributed by atoms with Crippen molar-refractivity contribution in [1.82, 2.24) is 0 Å². The van der Waals surface area contributed by atoms with Gasteiger partial charge < -0.3 is 14.8 Å². The lowest BCUT2D eigenvalue weighted by Crippen LogP contribution is -2.30. The van der Waals surface area contributed by atoms with E-state index in [9.17, 15) is 9.59 Å². The van der Waals surface area contributed by atoms with Crippen molar-refractivity contribution < 1.29 is 19.1 Å². The van der Waals surface area contributed by atoms with Gasteiger partial charge in [-0.25, -0.2) is 0 Å². The summed E-state index contributed by atoms with van der Waals surface area (Å²) < 4.78 is 10.8. The molecule has 0 aliphatic carbocycles. The molecule has 0 heterocycles. The van der Waals surface area contributed by atoms with Gasteiger partial charge in [0.25, 0.3) is 5.91 Å². The number of esters is 1. The van der Waals surface area contributed by atoms with Crippen LogP contribution < -0.4 is 10.1 Å². The molecule has 0 spiro atoms. The first-order chi connectivity index (χ1) is 12.8. The molecular weight excluding hydrogens is 342 g/mol. The summed E-state index contributed by atoms with van der Waals surface area (Å²) in [6.45, 7) is 7.86. The fraction of sp³-hybridized carbons (Fsp3) is 0.364. The van der Waals surface area contributed by atoms with Crippen LogP contribution in [0.5, 0.6) is 5.75 Å². The maximum absolute atomic E-state index is 12.2. The van der Waals surface area contributed by atoms with Crippen LogP contribution in [0.4, 0.5) is 5.69 Å². The minimum absolute atomic E-state index is 0.201. The number of carbonyl (C=O) groups excluding carboxylic acids is 2. The SMILES string of the molecule is Cc1cccc(OCCCC(=O)OC(C)C(=O)Nc2cc(C)ccc2C)c1. The third kappa shape index (κ3) is 6.77. The van der Waals surface area contributed by atoms with Crippen LogP contribution in [0.15, 0.2) is 42.5 Å². The van der Waals surface area contributed by atoms with Crippen molar-refractivity contribution in [1.29, 1.82) is 0 Å². The third-order valence-electron chi connectivity index (χ3n) is 4.11. The first-order valence-corrected chi connectivity index (χ1v) is 9.12. The van der Waals surface area contributed by atoms with Crippen LogP contribution in [-0.4, -0.2) is 24.6 Å². The number of amides is 1. The highest BCUT2D eigenvalue weighted by Crippen LogP contribution is 2.17. The Kier molecular flexibility index (Phi) is 7.41. The van der Waals surface area contributed by atoms with Crippen LogP contribution in [0.25, 0.3) is 0 Å². The normalized spacial score (nSPS) is 11.6. The zero-order valence-corrected chi connectivity index (χ0v) is 16.4. The molecule has 0 radical (unpaired) electrons. The van der Waals surface area contributed by atoms with Crippen LogP contribution in [-0.2, 0) is 14.3 Å². The Bertz CT molecular complexity index is 801. The van der Waals surface area contributed by atoms with Gasteiger partial charge in [-0.1, -0.05) is 24.3 Å². The average Bonchev–Trinajstić information content (AvgIpc) is 2.62. The van der Waals surface area contributed by atoms with E-state index in [4.69, 9.17) is 9.47 Å². The molecule has 0 saturated heterocycles. The van der Waals surface area contributed by atoms with Crippen LogP contribution in [0, 0.1) is 20.8 Å². The molecule has 1 N–H and O–H groups in total. The van der Waals surface area contributed by atoms with Crippen LogP contribution in [0.3, 0.4) is 0 Å². The van der Waals surface area contributed by atoms with Crippen molar-refractivity contribution in [3.8, 4) is 5.75 Å². The Morgan fingerprint density at radius 1 is 1.04 bits per heavy atom. The van der Waals surface area contributed by atoms with Crippen LogP contribution in [0.2, 0.25) is 0 Å². The summed E-state index contributed by atoms with van der Waals surface area (Å²) in [7, 11) is 0. The Morgan fingerprint density at radius 2 is 1.78 bits per heavy atom. The van der Waals surface area contributed by atoms with Crippen molar-refractivity contribution in [2.75, 3.05) is 11.9 Å². The first-order valence-electron chi connectivity index (χ1n) is 9.12. The molecule has 0 saturated carbocycles.